The zero-order valence-corrected chi connectivity index (χ0v) is 17.6. The van der Waals surface area contributed by atoms with Gasteiger partial charge in [0.2, 0.25) is 15.1 Å². The maximum atomic E-state index is 13.2. The number of carbonyl (C=O) groups excluding carboxylic acids is 1. The summed E-state index contributed by atoms with van der Waals surface area (Å²) in [5.41, 5.74) is 1.17. The molecule has 0 spiro atoms. The molecule has 0 N–H and O–H groups in total. The number of sulfonamides is 1. The quantitative estimate of drug-likeness (QED) is 0.658. The van der Waals surface area contributed by atoms with Gasteiger partial charge in [-0.2, -0.15) is 4.31 Å². The van der Waals surface area contributed by atoms with Crippen molar-refractivity contribution in [3.63, 3.8) is 0 Å². The molecular formula is C19H17Cl2NO3S2. The van der Waals surface area contributed by atoms with E-state index in [4.69, 9.17) is 23.2 Å². The number of nitrogens with zero attached hydrogens (tertiary/aromatic N) is 1. The van der Waals surface area contributed by atoms with E-state index in [-0.39, 0.29) is 16.6 Å². The molecule has 1 atom stereocenters. The number of thioether (sulfide) groups is 1. The molecule has 0 bridgehead atoms. The van der Waals surface area contributed by atoms with E-state index in [1.165, 1.54) is 40.3 Å². The number of benzene rings is 2. The van der Waals surface area contributed by atoms with E-state index in [0.717, 1.165) is 0 Å². The second-order valence-corrected chi connectivity index (χ2v) is 9.86. The molecule has 1 unspecified atom stereocenters. The van der Waals surface area contributed by atoms with Gasteiger partial charge in [0.05, 0.1) is 10.9 Å². The minimum absolute atomic E-state index is 0.119. The summed E-state index contributed by atoms with van der Waals surface area (Å²) in [6.07, 6.45) is 1.69. The minimum atomic E-state index is -3.82. The Morgan fingerprint density at radius 3 is 2.19 bits per heavy atom. The Bertz CT molecular complexity index is 971. The lowest BCUT2D eigenvalue weighted by Crippen LogP contribution is -2.33. The third-order valence-corrected chi connectivity index (χ3v) is 7.33. The van der Waals surface area contributed by atoms with Gasteiger partial charge in [-0.25, -0.2) is 8.42 Å². The third kappa shape index (κ3) is 4.25. The fraction of sp³-hybridized carbons (Fsp3) is 0.211. The smallest absolute Gasteiger partial charge is 0.244 e. The van der Waals surface area contributed by atoms with E-state index < -0.39 is 16.1 Å². The second-order valence-electron chi connectivity index (χ2n) is 5.86. The predicted octanol–water partition coefficient (Wildman–Crippen LogP) is 4.95. The Morgan fingerprint density at radius 1 is 1.07 bits per heavy atom. The number of halogens is 2. The lowest BCUT2D eigenvalue weighted by molar-refractivity contribution is -0.108. The Hall–Kier alpha value is -1.31. The summed E-state index contributed by atoms with van der Waals surface area (Å²) in [7, 11) is -3.82. The number of rotatable bonds is 5. The van der Waals surface area contributed by atoms with E-state index >= 15 is 0 Å². The first-order chi connectivity index (χ1) is 12.8. The van der Waals surface area contributed by atoms with Crippen LogP contribution in [0, 0.1) is 0 Å². The van der Waals surface area contributed by atoms with Crippen molar-refractivity contribution in [2.45, 2.75) is 17.9 Å². The summed E-state index contributed by atoms with van der Waals surface area (Å²) in [4.78, 5) is 12.7. The highest BCUT2D eigenvalue weighted by molar-refractivity contribution is 8.14. The highest BCUT2D eigenvalue weighted by atomic mass is 35.5. The fourth-order valence-corrected chi connectivity index (χ4v) is 5.35. The summed E-state index contributed by atoms with van der Waals surface area (Å²) in [6.45, 7) is 2.02. The van der Waals surface area contributed by atoms with Crippen LogP contribution >= 0.6 is 35.0 Å². The van der Waals surface area contributed by atoms with Crippen molar-refractivity contribution in [3.05, 3.63) is 75.8 Å². The van der Waals surface area contributed by atoms with Crippen molar-refractivity contribution in [1.29, 1.82) is 0 Å². The zero-order valence-electron chi connectivity index (χ0n) is 14.4. The normalized spacial score (nSPS) is 17.7. The molecule has 1 aliphatic rings. The van der Waals surface area contributed by atoms with E-state index in [1.807, 2.05) is 6.92 Å². The van der Waals surface area contributed by atoms with Gasteiger partial charge < -0.3 is 0 Å². The minimum Gasteiger partial charge on any atom is -0.282 e. The van der Waals surface area contributed by atoms with Gasteiger partial charge in [0.25, 0.3) is 0 Å². The number of hydrogen-bond acceptors (Lipinski definition) is 4. The Kier molecular flexibility index (Phi) is 6.33. The van der Waals surface area contributed by atoms with Crippen LogP contribution in [0.5, 0.6) is 0 Å². The topological polar surface area (TPSA) is 54.5 Å². The molecule has 2 aromatic rings. The van der Waals surface area contributed by atoms with Crippen molar-refractivity contribution in [2.75, 3.05) is 12.3 Å². The molecular weight excluding hydrogens is 425 g/mol. The first kappa shape index (κ1) is 20.4. The van der Waals surface area contributed by atoms with Crippen LogP contribution in [0.3, 0.4) is 0 Å². The molecule has 27 heavy (non-hydrogen) atoms. The second kappa shape index (κ2) is 8.37. The van der Waals surface area contributed by atoms with Crippen LogP contribution in [0.25, 0.3) is 0 Å². The Morgan fingerprint density at radius 2 is 1.63 bits per heavy atom. The Balaban J connectivity index is 2.05. The van der Waals surface area contributed by atoms with Crippen molar-refractivity contribution in [1.82, 2.24) is 4.31 Å². The first-order valence-corrected chi connectivity index (χ1v) is 11.4. The molecule has 2 aromatic carbocycles. The lowest BCUT2D eigenvalue weighted by atomic mass is 10.0. The molecule has 0 saturated carbocycles. The van der Waals surface area contributed by atoms with E-state index in [2.05, 4.69) is 0 Å². The molecule has 3 rings (SSSR count). The van der Waals surface area contributed by atoms with Gasteiger partial charge in [0.1, 0.15) is 0 Å². The first-order valence-electron chi connectivity index (χ1n) is 8.24. The highest BCUT2D eigenvalue weighted by Gasteiger charge is 2.40. The summed E-state index contributed by atoms with van der Waals surface area (Å²) in [5.74, 6) is 0.618. The SMILES string of the molecule is CCSC(=O)C1=CCN(S(=O)(=O)c2ccc(Cl)cc2)C1c1ccc(Cl)cc1. The van der Waals surface area contributed by atoms with Crippen molar-refractivity contribution in [2.24, 2.45) is 0 Å². The molecule has 1 aliphatic heterocycles. The van der Waals surface area contributed by atoms with Gasteiger partial charge in [0.15, 0.2) is 0 Å². The molecule has 0 amide bonds. The molecule has 1 heterocycles. The van der Waals surface area contributed by atoms with Gasteiger partial charge >= 0.3 is 0 Å². The molecule has 0 radical (unpaired) electrons. The van der Waals surface area contributed by atoms with Crippen molar-refractivity contribution >= 4 is 50.1 Å². The molecule has 4 nitrogen and oxygen atoms in total. The Labute approximate surface area is 173 Å². The van der Waals surface area contributed by atoms with E-state index in [0.29, 0.717) is 26.9 Å². The van der Waals surface area contributed by atoms with Crippen LogP contribution < -0.4 is 0 Å². The third-order valence-electron chi connectivity index (χ3n) is 4.19. The largest absolute Gasteiger partial charge is 0.282 e. The maximum absolute atomic E-state index is 13.2. The van der Waals surface area contributed by atoms with Crippen LogP contribution in [0.1, 0.15) is 18.5 Å². The van der Waals surface area contributed by atoms with Crippen molar-refractivity contribution < 1.29 is 13.2 Å². The average Bonchev–Trinajstić information content (AvgIpc) is 3.09. The summed E-state index contributed by atoms with van der Waals surface area (Å²) in [6, 6.07) is 12.2. The monoisotopic (exact) mass is 441 g/mol. The van der Waals surface area contributed by atoms with Gasteiger partial charge in [-0.1, -0.05) is 60.1 Å². The molecule has 0 aliphatic carbocycles. The fourth-order valence-electron chi connectivity index (χ4n) is 2.94. The van der Waals surface area contributed by atoms with Gasteiger partial charge in [-0.3, -0.25) is 4.79 Å². The molecule has 0 saturated heterocycles. The van der Waals surface area contributed by atoms with Gasteiger partial charge in [0, 0.05) is 22.2 Å². The van der Waals surface area contributed by atoms with Crippen LogP contribution in [0.4, 0.5) is 0 Å². The average molecular weight is 442 g/mol. The molecule has 8 heteroatoms. The highest BCUT2D eigenvalue weighted by Crippen LogP contribution is 2.40. The standard InChI is InChI=1S/C19H17Cl2NO3S2/c1-2-26-19(23)17-11-12-22(18(17)13-3-5-14(20)6-4-13)27(24,25)16-9-7-15(21)8-10-16/h3-11,18H,2,12H2,1H3. The maximum Gasteiger partial charge on any atom is 0.244 e. The van der Waals surface area contributed by atoms with E-state index in [1.54, 1.807) is 30.3 Å². The summed E-state index contributed by atoms with van der Waals surface area (Å²) < 4.78 is 27.8. The molecule has 0 aromatic heterocycles. The molecule has 142 valence electrons. The number of carbonyl (C=O) groups is 1. The van der Waals surface area contributed by atoms with Crippen LogP contribution in [0.2, 0.25) is 10.0 Å². The summed E-state index contributed by atoms with van der Waals surface area (Å²) >= 11 is 13.0. The van der Waals surface area contributed by atoms with E-state index in [9.17, 15) is 13.2 Å². The van der Waals surface area contributed by atoms with Gasteiger partial charge in [-0.05, 0) is 47.7 Å². The summed E-state index contributed by atoms with van der Waals surface area (Å²) in [5, 5.41) is 0.882. The molecule has 0 fully saturated rings. The van der Waals surface area contributed by atoms with Crippen LogP contribution in [-0.4, -0.2) is 30.1 Å². The van der Waals surface area contributed by atoms with Crippen LogP contribution in [0.15, 0.2) is 65.1 Å². The van der Waals surface area contributed by atoms with Crippen LogP contribution in [-0.2, 0) is 14.8 Å². The predicted molar refractivity (Wildman–Crippen MR) is 111 cm³/mol. The zero-order chi connectivity index (χ0) is 19.6. The van der Waals surface area contributed by atoms with Crippen molar-refractivity contribution in [3.8, 4) is 0 Å². The number of hydrogen-bond donors (Lipinski definition) is 0. The van der Waals surface area contributed by atoms with Gasteiger partial charge in [-0.15, -0.1) is 0 Å². The lowest BCUT2D eigenvalue weighted by Gasteiger charge is -2.26.